The molecule has 4 aromatic carbocycles. The first kappa shape index (κ1) is 19.8. The molecule has 4 aromatic rings. The van der Waals surface area contributed by atoms with Gasteiger partial charge in [0.15, 0.2) is 11.5 Å². The minimum absolute atomic E-state index is 0.498. The van der Waals surface area contributed by atoms with Crippen molar-refractivity contribution in [2.24, 2.45) is 0 Å². The Labute approximate surface area is 178 Å². The number of nitrogens with one attached hydrogen (secondary N) is 1. The van der Waals surface area contributed by atoms with Crippen molar-refractivity contribution in [1.29, 1.82) is 0 Å². The molecule has 0 saturated carbocycles. The molecule has 0 bridgehead atoms. The smallest absolute Gasteiger partial charge is 0.161 e. The topological polar surface area (TPSA) is 30.5 Å². The van der Waals surface area contributed by atoms with Gasteiger partial charge in [-0.25, -0.2) is 0 Å². The van der Waals surface area contributed by atoms with E-state index in [4.69, 9.17) is 9.47 Å². The Morgan fingerprint density at radius 2 is 1.60 bits per heavy atom. The quantitative estimate of drug-likeness (QED) is 0.378. The number of anilines is 1. The van der Waals surface area contributed by atoms with Gasteiger partial charge in [0.25, 0.3) is 0 Å². The van der Waals surface area contributed by atoms with Gasteiger partial charge in [-0.15, -0.1) is 0 Å². The average molecular weight is 398 g/mol. The molecule has 0 unspecified atom stereocenters. The van der Waals surface area contributed by atoms with Crippen molar-refractivity contribution in [2.75, 3.05) is 12.4 Å². The van der Waals surface area contributed by atoms with Gasteiger partial charge in [-0.3, -0.25) is 0 Å². The first-order valence-electron chi connectivity index (χ1n) is 10.2. The number of rotatable bonds is 7. The summed E-state index contributed by atoms with van der Waals surface area (Å²) in [4.78, 5) is 0. The number of fused-ring (bicyclic) bond motifs is 1. The molecule has 0 radical (unpaired) electrons. The third-order valence-electron chi connectivity index (χ3n) is 5.49. The highest BCUT2D eigenvalue weighted by atomic mass is 16.5. The van der Waals surface area contributed by atoms with E-state index in [0.29, 0.717) is 6.61 Å². The Morgan fingerprint density at radius 3 is 2.43 bits per heavy atom. The molecule has 3 nitrogen and oxygen atoms in total. The molecule has 0 aliphatic rings. The van der Waals surface area contributed by atoms with Crippen LogP contribution >= 0.6 is 0 Å². The summed E-state index contributed by atoms with van der Waals surface area (Å²) >= 11 is 0. The zero-order valence-corrected chi connectivity index (χ0v) is 17.7. The van der Waals surface area contributed by atoms with E-state index in [9.17, 15) is 0 Å². The third kappa shape index (κ3) is 4.41. The lowest BCUT2D eigenvalue weighted by Gasteiger charge is -2.14. The summed E-state index contributed by atoms with van der Waals surface area (Å²) in [6.45, 7) is 5.48. The van der Waals surface area contributed by atoms with E-state index in [0.717, 1.165) is 34.9 Å². The molecule has 0 aromatic heterocycles. The number of hydrogen-bond donors (Lipinski definition) is 1. The lowest BCUT2D eigenvalue weighted by Crippen LogP contribution is -2.02. The Bertz CT molecular complexity index is 1160. The summed E-state index contributed by atoms with van der Waals surface area (Å²) < 4.78 is 11.7. The van der Waals surface area contributed by atoms with Gasteiger partial charge in [-0.2, -0.15) is 0 Å². The van der Waals surface area contributed by atoms with Gasteiger partial charge in [-0.1, -0.05) is 54.6 Å². The maximum atomic E-state index is 6.12. The molecule has 0 atom stereocenters. The van der Waals surface area contributed by atoms with Crippen molar-refractivity contribution in [3.63, 3.8) is 0 Å². The number of aryl methyl sites for hydroxylation is 2. The standard InChI is InChI=1S/C27H27NO2/c1-19-11-13-24(15-20(19)2)28-17-21-12-14-26(27(16-21)29-3)30-18-23-9-6-8-22-7-4-5-10-25(22)23/h4-16,28H,17-18H2,1-3H3. The monoisotopic (exact) mass is 397 g/mol. The second-order valence-electron chi connectivity index (χ2n) is 7.56. The van der Waals surface area contributed by atoms with Crippen LogP contribution in [0.4, 0.5) is 5.69 Å². The predicted octanol–water partition coefficient (Wildman–Crippen LogP) is 6.66. The van der Waals surface area contributed by atoms with Crippen LogP contribution in [0.15, 0.2) is 78.9 Å². The molecule has 0 heterocycles. The molecule has 152 valence electrons. The fourth-order valence-corrected chi connectivity index (χ4v) is 3.57. The summed E-state index contributed by atoms with van der Waals surface area (Å²) in [6.07, 6.45) is 0. The summed E-state index contributed by atoms with van der Waals surface area (Å²) in [7, 11) is 1.68. The van der Waals surface area contributed by atoms with E-state index in [1.807, 2.05) is 12.1 Å². The zero-order valence-electron chi connectivity index (χ0n) is 17.7. The lowest BCUT2D eigenvalue weighted by atomic mass is 10.1. The highest BCUT2D eigenvalue weighted by Crippen LogP contribution is 2.30. The SMILES string of the molecule is COc1cc(CNc2ccc(C)c(C)c2)ccc1OCc1cccc2ccccc12. The number of hydrogen-bond acceptors (Lipinski definition) is 3. The largest absolute Gasteiger partial charge is 0.493 e. The van der Waals surface area contributed by atoms with Gasteiger partial charge in [0, 0.05) is 12.2 Å². The summed E-state index contributed by atoms with van der Waals surface area (Å²) in [5.74, 6) is 1.50. The van der Waals surface area contributed by atoms with Gasteiger partial charge >= 0.3 is 0 Å². The van der Waals surface area contributed by atoms with Crippen LogP contribution in [0.25, 0.3) is 10.8 Å². The molecular formula is C27H27NO2. The Hall–Kier alpha value is -3.46. The number of benzene rings is 4. The van der Waals surface area contributed by atoms with Crippen molar-refractivity contribution in [3.8, 4) is 11.5 Å². The van der Waals surface area contributed by atoms with Crippen LogP contribution in [0, 0.1) is 13.8 Å². The molecule has 0 spiro atoms. The highest BCUT2D eigenvalue weighted by Gasteiger charge is 2.08. The normalized spacial score (nSPS) is 10.8. The minimum atomic E-state index is 0.498. The van der Waals surface area contributed by atoms with Gasteiger partial charge < -0.3 is 14.8 Å². The maximum Gasteiger partial charge on any atom is 0.161 e. The van der Waals surface area contributed by atoms with E-state index in [-0.39, 0.29) is 0 Å². The van der Waals surface area contributed by atoms with Crippen LogP contribution in [0.2, 0.25) is 0 Å². The van der Waals surface area contributed by atoms with E-state index in [1.165, 1.54) is 21.9 Å². The van der Waals surface area contributed by atoms with Crippen molar-refractivity contribution in [1.82, 2.24) is 0 Å². The van der Waals surface area contributed by atoms with Crippen molar-refractivity contribution in [3.05, 3.63) is 101 Å². The molecule has 0 aliphatic carbocycles. The molecule has 0 aliphatic heterocycles. The van der Waals surface area contributed by atoms with Gasteiger partial charge in [0.2, 0.25) is 0 Å². The Kier molecular flexibility index (Phi) is 5.89. The van der Waals surface area contributed by atoms with Crippen LogP contribution in [0.3, 0.4) is 0 Å². The predicted molar refractivity (Wildman–Crippen MR) is 125 cm³/mol. The second kappa shape index (κ2) is 8.91. The summed E-state index contributed by atoms with van der Waals surface area (Å²) in [5, 5.41) is 5.92. The molecular weight excluding hydrogens is 370 g/mol. The average Bonchev–Trinajstić information content (AvgIpc) is 2.78. The third-order valence-corrected chi connectivity index (χ3v) is 5.49. The van der Waals surface area contributed by atoms with Crippen LogP contribution in [0.5, 0.6) is 11.5 Å². The first-order chi connectivity index (χ1) is 14.6. The van der Waals surface area contributed by atoms with E-state index in [1.54, 1.807) is 7.11 Å². The molecule has 3 heteroatoms. The molecule has 30 heavy (non-hydrogen) atoms. The van der Waals surface area contributed by atoms with Gasteiger partial charge in [-0.05, 0) is 71.1 Å². The Morgan fingerprint density at radius 1 is 0.767 bits per heavy atom. The lowest BCUT2D eigenvalue weighted by molar-refractivity contribution is 0.285. The zero-order chi connectivity index (χ0) is 20.9. The van der Waals surface area contributed by atoms with E-state index >= 15 is 0 Å². The van der Waals surface area contributed by atoms with Crippen LogP contribution in [-0.2, 0) is 13.2 Å². The molecule has 1 N–H and O–H groups in total. The molecule has 0 amide bonds. The van der Waals surface area contributed by atoms with Crippen molar-refractivity contribution >= 4 is 16.5 Å². The number of methoxy groups -OCH3 is 1. The van der Waals surface area contributed by atoms with E-state index in [2.05, 4.69) is 85.9 Å². The number of ether oxygens (including phenoxy) is 2. The van der Waals surface area contributed by atoms with Gasteiger partial charge in [0.1, 0.15) is 6.61 Å². The Balaban J connectivity index is 1.46. The van der Waals surface area contributed by atoms with Crippen LogP contribution < -0.4 is 14.8 Å². The fraction of sp³-hybridized carbons (Fsp3) is 0.185. The minimum Gasteiger partial charge on any atom is -0.493 e. The summed E-state index contributed by atoms with van der Waals surface area (Å²) in [5.41, 5.74) is 6.01. The van der Waals surface area contributed by atoms with Gasteiger partial charge in [0.05, 0.1) is 7.11 Å². The molecule has 0 saturated heterocycles. The van der Waals surface area contributed by atoms with Crippen LogP contribution in [-0.4, -0.2) is 7.11 Å². The first-order valence-corrected chi connectivity index (χ1v) is 10.2. The molecule has 4 rings (SSSR count). The van der Waals surface area contributed by atoms with Crippen molar-refractivity contribution < 1.29 is 9.47 Å². The molecule has 0 fully saturated rings. The maximum absolute atomic E-state index is 6.12. The fourth-order valence-electron chi connectivity index (χ4n) is 3.57. The van der Waals surface area contributed by atoms with E-state index < -0.39 is 0 Å². The van der Waals surface area contributed by atoms with Crippen molar-refractivity contribution in [2.45, 2.75) is 27.0 Å². The second-order valence-corrected chi connectivity index (χ2v) is 7.56. The summed E-state index contributed by atoms with van der Waals surface area (Å²) in [6, 6.07) is 27.2. The highest BCUT2D eigenvalue weighted by molar-refractivity contribution is 5.85. The van der Waals surface area contributed by atoms with Crippen LogP contribution in [0.1, 0.15) is 22.3 Å².